The monoisotopic (exact) mass is 235 g/mol. The van der Waals surface area contributed by atoms with Gasteiger partial charge in [0, 0.05) is 18.6 Å². The molecule has 3 heteroatoms. The molecule has 0 aliphatic rings. The molecule has 0 aliphatic heterocycles. The zero-order chi connectivity index (χ0) is 12.8. The summed E-state index contributed by atoms with van der Waals surface area (Å²) in [6, 6.07) is 5.12. The summed E-state index contributed by atoms with van der Waals surface area (Å²) in [4.78, 5) is 6.89. The number of anilines is 1. The Hall–Kier alpha value is -1.09. The first-order chi connectivity index (χ1) is 8.10. The van der Waals surface area contributed by atoms with E-state index >= 15 is 0 Å². The smallest absolute Gasteiger partial charge is 0.0572 e. The summed E-state index contributed by atoms with van der Waals surface area (Å²) in [5, 5.41) is 3.37. The number of hydrogen-bond donors (Lipinski definition) is 1. The van der Waals surface area contributed by atoms with Crippen LogP contribution in [-0.4, -0.2) is 24.1 Å². The van der Waals surface area contributed by atoms with E-state index in [4.69, 9.17) is 0 Å². The summed E-state index contributed by atoms with van der Waals surface area (Å²) in [5.41, 5.74) is 2.31. The van der Waals surface area contributed by atoms with Crippen molar-refractivity contribution in [2.45, 2.75) is 46.7 Å². The molecule has 1 aromatic heterocycles. The summed E-state index contributed by atoms with van der Waals surface area (Å²) in [5.74, 6) is 0. The van der Waals surface area contributed by atoms with Crippen LogP contribution in [0.4, 0.5) is 5.69 Å². The van der Waals surface area contributed by atoms with Crippen LogP contribution >= 0.6 is 0 Å². The molecule has 1 rings (SSSR count). The molecule has 0 saturated heterocycles. The highest BCUT2D eigenvalue weighted by Crippen LogP contribution is 2.18. The largest absolute Gasteiger partial charge is 0.368 e. The third-order valence-electron chi connectivity index (χ3n) is 3.02. The average molecular weight is 235 g/mol. The maximum absolute atomic E-state index is 4.54. The fraction of sp³-hybridized carbons (Fsp3) is 0.643. The lowest BCUT2D eigenvalue weighted by Gasteiger charge is -2.27. The molecule has 0 amide bonds. The first-order valence-electron chi connectivity index (χ1n) is 6.56. The predicted molar refractivity (Wildman–Crippen MR) is 74.5 cm³/mol. The minimum Gasteiger partial charge on any atom is -0.368 e. The summed E-state index contributed by atoms with van der Waals surface area (Å²) in [7, 11) is 0. The van der Waals surface area contributed by atoms with Crippen molar-refractivity contribution in [3.8, 4) is 0 Å². The van der Waals surface area contributed by atoms with Crippen LogP contribution in [0.15, 0.2) is 18.3 Å². The lowest BCUT2D eigenvalue weighted by atomic mass is 10.2. The van der Waals surface area contributed by atoms with Gasteiger partial charge in [-0.25, -0.2) is 0 Å². The molecule has 0 spiro atoms. The summed E-state index contributed by atoms with van der Waals surface area (Å²) in [6.45, 7) is 12.8. The first kappa shape index (κ1) is 14.0. The van der Waals surface area contributed by atoms with Crippen molar-refractivity contribution in [1.82, 2.24) is 10.3 Å². The molecule has 1 aromatic rings. The number of rotatable bonds is 6. The van der Waals surface area contributed by atoms with Gasteiger partial charge < -0.3 is 10.2 Å². The maximum Gasteiger partial charge on any atom is 0.0572 e. The number of pyridine rings is 1. The van der Waals surface area contributed by atoms with Crippen molar-refractivity contribution >= 4 is 5.69 Å². The van der Waals surface area contributed by atoms with Crippen molar-refractivity contribution in [3.05, 3.63) is 24.0 Å². The molecule has 0 saturated carbocycles. The third kappa shape index (κ3) is 3.70. The molecule has 96 valence electrons. The van der Waals surface area contributed by atoms with E-state index in [1.54, 1.807) is 0 Å². The lowest BCUT2D eigenvalue weighted by molar-refractivity contribution is 0.583. The Morgan fingerprint density at radius 2 is 1.94 bits per heavy atom. The van der Waals surface area contributed by atoms with Crippen LogP contribution in [0, 0.1) is 0 Å². The Bertz CT molecular complexity index is 319. The molecule has 0 aliphatic carbocycles. The molecule has 0 fully saturated rings. The standard InChI is InChI=1S/C14H25N3/c1-6-15-12(5)14-9-8-13(10-16-14)17(7-2)11(3)4/h8-12,15H,6-7H2,1-5H3. The van der Waals surface area contributed by atoms with Gasteiger partial charge in [-0.05, 0) is 46.4 Å². The van der Waals surface area contributed by atoms with Crippen molar-refractivity contribution in [2.75, 3.05) is 18.0 Å². The summed E-state index contributed by atoms with van der Waals surface area (Å²) < 4.78 is 0. The van der Waals surface area contributed by atoms with Crippen LogP contribution < -0.4 is 10.2 Å². The Balaban J connectivity index is 2.79. The fourth-order valence-corrected chi connectivity index (χ4v) is 2.08. The molecular weight excluding hydrogens is 210 g/mol. The highest BCUT2D eigenvalue weighted by molar-refractivity contribution is 5.45. The number of hydrogen-bond acceptors (Lipinski definition) is 3. The van der Waals surface area contributed by atoms with E-state index < -0.39 is 0 Å². The Morgan fingerprint density at radius 1 is 1.24 bits per heavy atom. The average Bonchev–Trinajstić information content (AvgIpc) is 2.30. The van der Waals surface area contributed by atoms with Crippen molar-refractivity contribution < 1.29 is 0 Å². The van der Waals surface area contributed by atoms with E-state index in [2.05, 4.69) is 62.0 Å². The van der Waals surface area contributed by atoms with Gasteiger partial charge >= 0.3 is 0 Å². The fourth-order valence-electron chi connectivity index (χ4n) is 2.08. The molecular formula is C14H25N3. The molecule has 1 N–H and O–H groups in total. The molecule has 0 aromatic carbocycles. The summed E-state index contributed by atoms with van der Waals surface area (Å²) in [6.07, 6.45) is 1.98. The van der Waals surface area contributed by atoms with Crippen molar-refractivity contribution in [3.63, 3.8) is 0 Å². The lowest BCUT2D eigenvalue weighted by Crippen LogP contribution is -2.30. The second kappa shape index (κ2) is 6.60. The van der Waals surface area contributed by atoms with E-state index in [9.17, 15) is 0 Å². The van der Waals surface area contributed by atoms with Gasteiger partial charge in [0.1, 0.15) is 0 Å². The Kier molecular flexibility index (Phi) is 5.42. The zero-order valence-corrected chi connectivity index (χ0v) is 11.7. The molecule has 3 nitrogen and oxygen atoms in total. The normalized spacial score (nSPS) is 12.8. The first-order valence-corrected chi connectivity index (χ1v) is 6.56. The van der Waals surface area contributed by atoms with Crippen LogP contribution in [0.25, 0.3) is 0 Å². The van der Waals surface area contributed by atoms with Gasteiger partial charge in [0.15, 0.2) is 0 Å². The van der Waals surface area contributed by atoms with E-state index in [1.807, 2.05) is 6.20 Å². The van der Waals surface area contributed by atoms with Crippen molar-refractivity contribution in [1.29, 1.82) is 0 Å². The minimum absolute atomic E-state index is 0.322. The van der Waals surface area contributed by atoms with Gasteiger partial charge in [-0.15, -0.1) is 0 Å². The van der Waals surface area contributed by atoms with E-state index in [0.717, 1.165) is 18.8 Å². The van der Waals surface area contributed by atoms with E-state index in [-0.39, 0.29) is 0 Å². The molecule has 0 radical (unpaired) electrons. The maximum atomic E-state index is 4.54. The molecule has 1 unspecified atom stereocenters. The van der Waals surface area contributed by atoms with Crippen LogP contribution in [0.1, 0.15) is 46.4 Å². The van der Waals surface area contributed by atoms with Crippen LogP contribution in [-0.2, 0) is 0 Å². The minimum atomic E-state index is 0.322. The molecule has 1 heterocycles. The van der Waals surface area contributed by atoms with Gasteiger partial charge in [0.25, 0.3) is 0 Å². The molecule has 1 atom stereocenters. The van der Waals surface area contributed by atoms with E-state index in [0.29, 0.717) is 12.1 Å². The summed E-state index contributed by atoms with van der Waals surface area (Å²) >= 11 is 0. The van der Waals surface area contributed by atoms with Gasteiger partial charge in [0.2, 0.25) is 0 Å². The third-order valence-corrected chi connectivity index (χ3v) is 3.02. The van der Waals surface area contributed by atoms with Crippen LogP contribution in [0.3, 0.4) is 0 Å². The SMILES string of the molecule is CCNC(C)c1ccc(N(CC)C(C)C)cn1. The van der Waals surface area contributed by atoms with Gasteiger partial charge in [-0.3, -0.25) is 4.98 Å². The quantitative estimate of drug-likeness (QED) is 0.821. The topological polar surface area (TPSA) is 28.2 Å². The highest BCUT2D eigenvalue weighted by Gasteiger charge is 2.10. The Morgan fingerprint density at radius 3 is 2.35 bits per heavy atom. The zero-order valence-electron chi connectivity index (χ0n) is 11.7. The second-order valence-corrected chi connectivity index (χ2v) is 4.60. The van der Waals surface area contributed by atoms with Crippen molar-refractivity contribution in [2.24, 2.45) is 0 Å². The van der Waals surface area contributed by atoms with Crippen LogP contribution in [0.2, 0.25) is 0 Å². The Labute approximate surface area is 105 Å². The highest BCUT2D eigenvalue weighted by atomic mass is 15.1. The van der Waals surface area contributed by atoms with E-state index in [1.165, 1.54) is 5.69 Å². The van der Waals surface area contributed by atoms with Gasteiger partial charge in [-0.1, -0.05) is 6.92 Å². The predicted octanol–water partition coefficient (Wildman–Crippen LogP) is 2.99. The molecule has 0 bridgehead atoms. The number of nitrogens with one attached hydrogen (secondary N) is 1. The van der Waals surface area contributed by atoms with Gasteiger partial charge in [0.05, 0.1) is 17.6 Å². The van der Waals surface area contributed by atoms with Crippen LogP contribution in [0.5, 0.6) is 0 Å². The molecule has 17 heavy (non-hydrogen) atoms. The van der Waals surface area contributed by atoms with Gasteiger partial charge in [-0.2, -0.15) is 0 Å². The number of nitrogens with zero attached hydrogens (tertiary/aromatic N) is 2. The number of aromatic nitrogens is 1. The second-order valence-electron chi connectivity index (χ2n) is 4.60.